The van der Waals surface area contributed by atoms with Crippen molar-refractivity contribution >= 4 is 39.1 Å². The first-order valence-electron chi connectivity index (χ1n) is 5.86. The molecule has 1 aromatic rings. The van der Waals surface area contributed by atoms with Gasteiger partial charge in [-0.25, -0.2) is 18.0 Å². The Morgan fingerprint density at radius 2 is 2.00 bits per heavy atom. The molecule has 0 aliphatic heterocycles. The van der Waals surface area contributed by atoms with E-state index in [4.69, 9.17) is 16.7 Å². The van der Waals surface area contributed by atoms with Crippen LogP contribution in [-0.2, 0) is 9.84 Å². The SMILES string of the molecule is CC(CS(C)(=O)=O)NC(=O)Nc1ccc(Cl)c(C(=O)O)c1. The Morgan fingerprint density at radius 3 is 2.52 bits per heavy atom. The third kappa shape index (κ3) is 6.01. The van der Waals surface area contributed by atoms with Gasteiger partial charge in [0.1, 0.15) is 9.84 Å². The molecule has 0 aromatic heterocycles. The Morgan fingerprint density at radius 1 is 1.38 bits per heavy atom. The lowest BCUT2D eigenvalue weighted by Crippen LogP contribution is -2.39. The van der Waals surface area contributed by atoms with Crippen LogP contribution in [-0.4, -0.2) is 43.6 Å². The number of aromatic carboxylic acids is 1. The topological polar surface area (TPSA) is 113 Å². The fraction of sp³-hybridized carbons (Fsp3) is 0.333. The van der Waals surface area contributed by atoms with Crippen LogP contribution in [0.2, 0.25) is 5.02 Å². The third-order valence-electron chi connectivity index (χ3n) is 2.38. The van der Waals surface area contributed by atoms with Crippen molar-refractivity contribution in [3.8, 4) is 0 Å². The fourth-order valence-electron chi connectivity index (χ4n) is 1.65. The van der Waals surface area contributed by atoms with Gasteiger partial charge in [-0.1, -0.05) is 11.6 Å². The van der Waals surface area contributed by atoms with Gasteiger partial charge in [0.15, 0.2) is 0 Å². The lowest BCUT2D eigenvalue weighted by Gasteiger charge is -2.14. The summed E-state index contributed by atoms with van der Waals surface area (Å²) in [5.41, 5.74) is 0.0968. The number of urea groups is 1. The average molecular weight is 335 g/mol. The summed E-state index contributed by atoms with van der Waals surface area (Å²) >= 11 is 5.71. The normalized spacial score (nSPS) is 12.5. The number of anilines is 1. The van der Waals surface area contributed by atoms with E-state index in [-0.39, 0.29) is 22.0 Å². The highest BCUT2D eigenvalue weighted by molar-refractivity contribution is 7.90. The molecule has 0 aliphatic carbocycles. The predicted octanol–water partition coefficient (Wildman–Crippen LogP) is 1.59. The summed E-state index contributed by atoms with van der Waals surface area (Å²) in [7, 11) is -3.20. The maximum atomic E-state index is 11.7. The summed E-state index contributed by atoms with van der Waals surface area (Å²) in [5, 5.41) is 13.8. The van der Waals surface area contributed by atoms with Gasteiger partial charge in [0.25, 0.3) is 0 Å². The molecule has 0 saturated carbocycles. The summed E-state index contributed by atoms with van der Waals surface area (Å²) in [4.78, 5) is 22.6. The van der Waals surface area contributed by atoms with Gasteiger partial charge < -0.3 is 15.7 Å². The summed E-state index contributed by atoms with van der Waals surface area (Å²) < 4.78 is 22.2. The first kappa shape index (κ1) is 17.3. The summed E-state index contributed by atoms with van der Waals surface area (Å²) in [5.74, 6) is -1.41. The van der Waals surface area contributed by atoms with E-state index in [0.717, 1.165) is 6.26 Å². The first-order valence-corrected chi connectivity index (χ1v) is 8.30. The molecule has 0 aliphatic rings. The van der Waals surface area contributed by atoms with Crippen LogP contribution in [0.4, 0.5) is 10.5 Å². The lowest BCUT2D eigenvalue weighted by atomic mass is 10.2. The highest BCUT2D eigenvalue weighted by atomic mass is 35.5. The number of carboxylic acid groups (broad SMARTS) is 1. The van der Waals surface area contributed by atoms with Gasteiger partial charge in [0.05, 0.1) is 16.3 Å². The van der Waals surface area contributed by atoms with E-state index in [0.29, 0.717) is 0 Å². The van der Waals surface area contributed by atoms with Gasteiger partial charge in [-0.3, -0.25) is 0 Å². The molecule has 1 aromatic carbocycles. The minimum Gasteiger partial charge on any atom is -0.478 e. The van der Waals surface area contributed by atoms with Gasteiger partial charge in [-0.05, 0) is 25.1 Å². The van der Waals surface area contributed by atoms with Crippen molar-refractivity contribution in [2.75, 3.05) is 17.3 Å². The number of amides is 2. The highest BCUT2D eigenvalue weighted by Crippen LogP contribution is 2.20. The second-order valence-electron chi connectivity index (χ2n) is 4.59. The molecular formula is C12H15ClN2O5S. The van der Waals surface area contributed by atoms with Gasteiger partial charge in [0, 0.05) is 18.0 Å². The van der Waals surface area contributed by atoms with Crippen molar-refractivity contribution < 1.29 is 23.1 Å². The van der Waals surface area contributed by atoms with Crippen LogP contribution in [0, 0.1) is 0 Å². The molecule has 0 radical (unpaired) electrons. The zero-order valence-electron chi connectivity index (χ0n) is 11.4. The van der Waals surface area contributed by atoms with Crippen molar-refractivity contribution in [3.05, 3.63) is 28.8 Å². The molecule has 116 valence electrons. The molecule has 0 bridgehead atoms. The minimum atomic E-state index is -3.20. The van der Waals surface area contributed by atoms with E-state index in [1.807, 2.05) is 0 Å². The van der Waals surface area contributed by atoms with Crippen molar-refractivity contribution in [2.45, 2.75) is 13.0 Å². The monoisotopic (exact) mass is 334 g/mol. The third-order valence-corrected chi connectivity index (χ3v) is 3.82. The van der Waals surface area contributed by atoms with Crippen molar-refractivity contribution in [1.82, 2.24) is 5.32 Å². The Kier molecular flexibility index (Phi) is 5.56. The number of sulfone groups is 1. The number of carbonyl (C=O) groups is 2. The lowest BCUT2D eigenvalue weighted by molar-refractivity contribution is 0.0697. The smallest absolute Gasteiger partial charge is 0.337 e. The van der Waals surface area contributed by atoms with Crippen LogP contribution < -0.4 is 10.6 Å². The van der Waals surface area contributed by atoms with E-state index < -0.39 is 27.9 Å². The van der Waals surface area contributed by atoms with Gasteiger partial charge in [-0.2, -0.15) is 0 Å². The molecule has 0 heterocycles. The molecule has 3 N–H and O–H groups in total. The first-order chi connectivity index (χ1) is 9.58. The number of rotatable bonds is 5. The number of carbonyl (C=O) groups excluding carboxylic acids is 1. The second-order valence-corrected chi connectivity index (χ2v) is 7.18. The zero-order chi connectivity index (χ0) is 16.2. The molecule has 7 nitrogen and oxygen atoms in total. The molecule has 21 heavy (non-hydrogen) atoms. The van der Waals surface area contributed by atoms with Crippen LogP contribution in [0.25, 0.3) is 0 Å². The number of benzene rings is 1. The molecule has 2 amide bonds. The maximum absolute atomic E-state index is 11.7. The molecule has 9 heteroatoms. The van der Waals surface area contributed by atoms with Crippen LogP contribution >= 0.6 is 11.6 Å². The molecule has 0 fully saturated rings. The summed E-state index contributed by atoms with van der Waals surface area (Å²) in [6.07, 6.45) is 1.07. The van der Waals surface area contributed by atoms with Crippen LogP contribution in [0.1, 0.15) is 17.3 Å². The summed E-state index contributed by atoms with van der Waals surface area (Å²) in [6.45, 7) is 1.55. The molecule has 1 atom stereocenters. The number of carboxylic acids is 1. The largest absolute Gasteiger partial charge is 0.478 e. The van der Waals surface area contributed by atoms with Crippen molar-refractivity contribution in [3.63, 3.8) is 0 Å². The fourth-order valence-corrected chi connectivity index (χ4v) is 2.84. The molecular weight excluding hydrogens is 320 g/mol. The molecule has 1 rings (SSSR count). The standard InChI is InChI=1S/C12H15ClN2O5S/c1-7(6-21(2,19)20)14-12(18)15-8-3-4-10(13)9(5-8)11(16)17/h3-5,7H,6H2,1-2H3,(H,16,17)(H2,14,15,18). The number of hydrogen-bond acceptors (Lipinski definition) is 4. The van der Waals surface area contributed by atoms with E-state index in [1.54, 1.807) is 6.92 Å². The van der Waals surface area contributed by atoms with Crippen molar-refractivity contribution in [2.24, 2.45) is 0 Å². The van der Waals surface area contributed by atoms with Crippen molar-refractivity contribution in [1.29, 1.82) is 0 Å². The minimum absolute atomic E-state index is 0.0545. The summed E-state index contributed by atoms with van der Waals surface area (Å²) in [6, 6.07) is 2.79. The Labute approximate surface area is 127 Å². The number of halogens is 1. The Bertz CT molecular complexity index is 660. The maximum Gasteiger partial charge on any atom is 0.337 e. The predicted molar refractivity (Wildman–Crippen MR) is 79.7 cm³/mol. The molecule has 0 spiro atoms. The number of nitrogens with one attached hydrogen (secondary N) is 2. The van der Waals surface area contributed by atoms with E-state index in [2.05, 4.69) is 10.6 Å². The van der Waals surface area contributed by atoms with Crippen LogP contribution in [0.5, 0.6) is 0 Å². The van der Waals surface area contributed by atoms with Crippen LogP contribution in [0.3, 0.4) is 0 Å². The van der Waals surface area contributed by atoms with E-state index >= 15 is 0 Å². The molecule has 1 unspecified atom stereocenters. The van der Waals surface area contributed by atoms with E-state index in [9.17, 15) is 18.0 Å². The quantitative estimate of drug-likeness (QED) is 0.757. The van der Waals surface area contributed by atoms with Crippen LogP contribution in [0.15, 0.2) is 18.2 Å². The zero-order valence-corrected chi connectivity index (χ0v) is 13.0. The Balaban J connectivity index is 2.71. The van der Waals surface area contributed by atoms with Gasteiger partial charge >= 0.3 is 12.0 Å². The van der Waals surface area contributed by atoms with Gasteiger partial charge in [0.2, 0.25) is 0 Å². The Hall–Kier alpha value is -1.80. The second kappa shape index (κ2) is 6.77. The van der Waals surface area contributed by atoms with E-state index in [1.165, 1.54) is 18.2 Å². The van der Waals surface area contributed by atoms with Gasteiger partial charge in [-0.15, -0.1) is 0 Å². The molecule has 0 saturated heterocycles. The number of hydrogen-bond donors (Lipinski definition) is 3. The highest BCUT2D eigenvalue weighted by Gasteiger charge is 2.14. The average Bonchev–Trinajstić information content (AvgIpc) is 2.28.